The Kier molecular flexibility index (Phi) is 2.24. The number of carbonyl (C=O) groups is 1. The van der Waals surface area contributed by atoms with Crippen LogP contribution in [0.4, 0.5) is 0 Å². The van der Waals surface area contributed by atoms with E-state index in [2.05, 4.69) is 9.97 Å². The van der Waals surface area contributed by atoms with Gasteiger partial charge >= 0.3 is 5.97 Å². The summed E-state index contributed by atoms with van der Waals surface area (Å²) in [7, 11) is 0. The summed E-state index contributed by atoms with van der Waals surface area (Å²) in [6.07, 6.45) is 2.62. The number of nitrogens with zero attached hydrogens (tertiary/aromatic N) is 2. The minimum absolute atomic E-state index is 0.194. The fraction of sp³-hybridized carbons (Fsp3) is 0.222. The van der Waals surface area contributed by atoms with Crippen molar-refractivity contribution in [3.8, 4) is 11.8 Å². The first-order chi connectivity index (χ1) is 7.15. The highest BCUT2D eigenvalue weighted by Gasteiger charge is 2.13. The number of carboxylic acids is 1. The molecular weight excluding hydrogens is 200 g/mol. The van der Waals surface area contributed by atoms with E-state index in [1.807, 2.05) is 0 Å². The zero-order valence-electron chi connectivity index (χ0n) is 7.93. The van der Waals surface area contributed by atoms with Gasteiger partial charge in [0.2, 0.25) is 0 Å². The molecule has 2 rings (SSSR count). The maximum Gasteiger partial charge on any atom is 0.311 e. The van der Waals surface area contributed by atoms with Gasteiger partial charge in [-0.05, 0) is 6.92 Å². The largest absolute Gasteiger partial charge is 0.481 e. The number of carboxylic acid groups (broad SMARTS) is 1. The molecule has 0 aromatic carbocycles. The van der Waals surface area contributed by atoms with Crippen LogP contribution >= 0.6 is 0 Å². The third-order valence-corrected chi connectivity index (χ3v) is 1.68. The van der Waals surface area contributed by atoms with E-state index in [9.17, 15) is 4.79 Å². The molecule has 0 bridgehead atoms. The number of oxazole rings is 2. The maximum absolute atomic E-state index is 10.4. The van der Waals surface area contributed by atoms with E-state index in [1.54, 1.807) is 6.92 Å². The summed E-state index contributed by atoms with van der Waals surface area (Å²) in [5.74, 6) is -0.252. The molecule has 0 amide bonds. The number of hydrogen-bond acceptors (Lipinski definition) is 5. The molecule has 0 unspecified atom stereocenters. The molecular formula is C9H8N2O4. The molecule has 0 saturated heterocycles. The molecule has 0 fully saturated rings. The van der Waals surface area contributed by atoms with Crippen LogP contribution in [0.3, 0.4) is 0 Å². The van der Waals surface area contributed by atoms with E-state index in [4.69, 9.17) is 13.9 Å². The molecule has 0 aliphatic heterocycles. The number of aryl methyl sites for hydroxylation is 1. The van der Waals surface area contributed by atoms with Crippen molar-refractivity contribution in [1.82, 2.24) is 9.97 Å². The van der Waals surface area contributed by atoms with Crippen LogP contribution in [-0.2, 0) is 11.2 Å². The van der Waals surface area contributed by atoms with Gasteiger partial charge in [-0.2, -0.15) is 0 Å². The van der Waals surface area contributed by atoms with Crippen molar-refractivity contribution >= 4 is 5.97 Å². The first-order valence-electron chi connectivity index (χ1n) is 4.24. The fourth-order valence-corrected chi connectivity index (χ4v) is 1.09. The van der Waals surface area contributed by atoms with Crippen molar-refractivity contribution in [1.29, 1.82) is 0 Å². The van der Waals surface area contributed by atoms with E-state index in [-0.39, 0.29) is 24.0 Å². The van der Waals surface area contributed by atoms with Crippen LogP contribution in [0, 0.1) is 6.92 Å². The Balaban J connectivity index is 2.23. The van der Waals surface area contributed by atoms with Crippen molar-refractivity contribution in [3.63, 3.8) is 0 Å². The molecule has 6 heteroatoms. The number of aliphatic carboxylic acids is 1. The first kappa shape index (κ1) is 9.45. The summed E-state index contributed by atoms with van der Waals surface area (Å²) < 4.78 is 10.2. The highest BCUT2D eigenvalue weighted by molar-refractivity contribution is 5.69. The van der Waals surface area contributed by atoms with Gasteiger partial charge in [-0.3, -0.25) is 4.79 Å². The molecule has 15 heavy (non-hydrogen) atoms. The minimum atomic E-state index is -0.971. The smallest absolute Gasteiger partial charge is 0.311 e. The zero-order chi connectivity index (χ0) is 10.8. The van der Waals surface area contributed by atoms with Crippen LogP contribution in [0.2, 0.25) is 0 Å². The number of hydrogen-bond donors (Lipinski definition) is 1. The summed E-state index contributed by atoms with van der Waals surface area (Å²) in [6, 6.07) is 0. The lowest BCUT2D eigenvalue weighted by Gasteiger charge is -1.87. The Morgan fingerprint density at radius 3 is 2.93 bits per heavy atom. The Morgan fingerprint density at radius 2 is 2.33 bits per heavy atom. The van der Waals surface area contributed by atoms with Gasteiger partial charge in [-0.1, -0.05) is 0 Å². The third kappa shape index (κ3) is 2.04. The Bertz CT molecular complexity index is 486. The first-order valence-corrected chi connectivity index (χ1v) is 4.24. The SMILES string of the molecule is Cc1coc(-c2ncc(CC(=O)O)o2)n1. The molecule has 0 spiro atoms. The highest BCUT2D eigenvalue weighted by atomic mass is 16.4. The molecule has 2 heterocycles. The molecule has 0 saturated carbocycles. The molecule has 0 atom stereocenters. The molecule has 78 valence electrons. The van der Waals surface area contributed by atoms with Gasteiger partial charge in [0.05, 0.1) is 11.9 Å². The van der Waals surface area contributed by atoms with Crippen molar-refractivity contribution in [2.45, 2.75) is 13.3 Å². The molecule has 0 aliphatic carbocycles. The average molecular weight is 208 g/mol. The van der Waals surface area contributed by atoms with Gasteiger partial charge in [0.1, 0.15) is 18.4 Å². The summed E-state index contributed by atoms with van der Waals surface area (Å²) in [5, 5.41) is 8.52. The van der Waals surface area contributed by atoms with Crippen molar-refractivity contribution in [2.75, 3.05) is 0 Å². The van der Waals surface area contributed by atoms with Crippen LogP contribution in [0.15, 0.2) is 21.3 Å². The van der Waals surface area contributed by atoms with Crippen LogP contribution < -0.4 is 0 Å². The lowest BCUT2D eigenvalue weighted by atomic mass is 10.4. The van der Waals surface area contributed by atoms with Gasteiger partial charge in [-0.15, -0.1) is 0 Å². The zero-order valence-corrected chi connectivity index (χ0v) is 7.93. The summed E-state index contributed by atoms with van der Waals surface area (Å²) in [4.78, 5) is 18.3. The van der Waals surface area contributed by atoms with E-state index in [1.165, 1.54) is 12.5 Å². The van der Waals surface area contributed by atoms with Gasteiger partial charge in [0, 0.05) is 0 Å². The minimum Gasteiger partial charge on any atom is -0.481 e. The van der Waals surface area contributed by atoms with Crippen molar-refractivity contribution in [2.24, 2.45) is 0 Å². The number of aromatic nitrogens is 2. The van der Waals surface area contributed by atoms with Gasteiger partial charge in [-0.25, -0.2) is 9.97 Å². The second-order valence-corrected chi connectivity index (χ2v) is 3.00. The Morgan fingerprint density at radius 1 is 1.53 bits per heavy atom. The molecule has 2 aromatic heterocycles. The van der Waals surface area contributed by atoms with Crippen LogP contribution in [0.1, 0.15) is 11.5 Å². The Hall–Kier alpha value is -2.11. The summed E-state index contributed by atoms with van der Waals surface area (Å²) >= 11 is 0. The molecule has 0 aliphatic rings. The van der Waals surface area contributed by atoms with E-state index in [0.717, 1.165) is 0 Å². The Labute approximate surface area is 84.6 Å². The number of rotatable bonds is 3. The second kappa shape index (κ2) is 3.56. The highest BCUT2D eigenvalue weighted by Crippen LogP contribution is 2.18. The van der Waals surface area contributed by atoms with Gasteiger partial charge in [0.15, 0.2) is 0 Å². The predicted molar refractivity (Wildman–Crippen MR) is 48.1 cm³/mol. The molecule has 6 nitrogen and oxygen atoms in total. The van der Waals surface area contributed by atoms with Gasteiger partial charge in [0.25, 0.3) is 11.8 Å². The topological polar surface area (TPSA) is 89.4 Å². The molecule has 0 radical (unpaired) electrons. The molecule has 1 N–H and O–H groups in total. The van der Waals surface area contributed by atoms with Gasteiger partial charge < -0.3 is 13.9 Å². The fourth-order valence-electron chi connectivity index (χ4n) is 1.09. The molecule has 2 aromatic rings. The summed E-state index contributed by atoms with van der Waals surface area (Å²) in [5.41, 5.74) is 0.711. The van der Waals surface area contributed by atoms with Crippen LogP contribution in [-0.4, -0.2) is 21.0 Å². The predicted octanol–water partition coefficient (Wildman–Crippen LogP) is 1.27. The third-order valence-electron chi connectivity index (χ3n) is 1.68. The van der Waals surface area contributed by atoms with Crippen LogP contribution in [0.5, 0.6) is 0 Å². The normalized spacial score (nSPS) is 10.5. The van der Waals surface area contributed by atoms with Crippen molar-refractivity contribution < 1.29 is 18.7 Å². The van der Waals surface area contributed by atoms with E-state index < -0.39 is 5.97 Å². The van der Waals surface area contributed by atoms with Crippen LogP contribution in [0.25, 0.3) is 11.8 Å². The maximum atomic E-state index is 10.4. The van der Waals surface area contributed by atoms with Crippen molar-refractivity contribution in [3.05, 3.63) is 23.9 Å². The quantitative estimate of drug-likeness (QED) is 0.816. The standard InChI is InChI=1S/C9H8N2O4/c1-5-4-14-9(11-5)8-10-3-6(15-8)2-7(12)13/h3-4H,2H2,1H3,(H,12,13). The lowest BCUT2D eigenvalue weighted by Crippen LogP contribution is -1.97. The lowest BCUT2D eigenvalue weighted by molar-refractivity contribution is -0.136. The average Bonchev–Trinajstić information content (AvgIpc) is 2.72. The van der Waals surface area contributed by atoms with E-state index >= 15 is 0 Å². The second-order valence-electron chi connectivity index (χ2n) is 3.00. The summed E-state index contributed by atoms with van der Waals surface area (Å²) in [6.45, 7) is 1.77. The van der Waals surface area contributed by atoms with E-state index in [0.29, 0.717) is 5.69 Å². The monoisotopic (exact) mass is 208 g/mol.